The third kappa shape index (κ3) is 4.11. The number of amides is 1. The Morgan fingerprint density at radius 1 is 1.04 bits per heavy atom. The van der Waals surface area contributed by atoms with E-state index >= 15 is 0 Å². The number of para-hydroxylation sites is 1. The first kappa shape index (κ1) is 18.9. The van der Waals surface area contributed by atoms with Crippen LogP contribution in [0, 0.1) is 0 Å². The number of hydrogen-bond donors (Lipinski definition) is 1. The van der Waals surface area contributed by atoms with Crippen molar-refractivity contribution in [1.82, 2.24) is 4.90 Å². The molecule has 0 saturated carbocycles. The van der Waals surface area contributed by atoms with E-state index in [0.29, 0.717) is 18.7 Å². The zero-order chi connectivity index (χ0) is 19.4. The van der Waals surface area contributed by atoms with Crippen molar-refractivity contribution in [3.63, 3.8) is 0 Å². The lowest BCUT2D eigenvalue weighted by molar-refractivity contribution is 0.0600. The number of likely N-dealkylation sites (tertiary alicyclic amines) is 1. The van der Waals surface area contributed by atoms with Gasteiger partial charge in [-0.2, -0.15) is 0 Å². The average molecular weight is 388 g/mol. The fourth-order valence-electron chi connectivity index (χ4n) is 2.96. The van der Waals surface area contributed by atoms with Gasteiger partial charge in [-0.1, -0.05) is 18.2 Å². The summed E-state index contributed by atoms with van der Waals surface area (Å²) in [6, 6.07) is 12.0. The highest BCUT2D eigenvalue weighted by Crippen LogP contribution is 2.23. The van der Waals surface area contributed by atoms with Crippen LogP contribution in [0.2, 0.25) is 0 Å². The molecule has 1 N–H and O–H groups in total. The third-order valence-corrected chi connectivity index (χ3v) is 5.72. The molecule has 0 unspecified atom stereocenters. The van der Waals surface area contributed by atoms with E-state index in [4.69, 9.17) is 0 Å². The van der Waals surface area contributed by atoms with Crippen molar-refractivity contribution >= 4 is 27.6 Å². The van der Waals surface area contributed by atoms with E-state index in [9.17, 15) is 18.0 Å². The Morgan fingerprint density at radius 2 is 1.74 bits per heavy atom. The van der Waals surface area contributed by atoms with Crippen LogP contribution < -0.4 is 4.72 Å². The van der Waals surface area contributed by atoms with E-state index in [1.807, 2.05) is 0 Å². The first-order valence-corrected chi connectivity index (χ1v) is 10.0. The standard InChI is InChI=1S/C19H20N2O5S/c1-26-19(23)14-7-6-8-15(13-14)27(24,25)20-17-10-3-2-9-16(17)18(22)21-11-4-5-12-21/h2-3,6-10,13,20H,4-5,11-12H2,1H3. The molecule has 1 aliphatic rings. The van der Waals surface area contributed by atoms with E-state index in [0.717, 1.165) is 12.8 Å². The number of sulfonamides is 1. The molecule has 0 bridgehead atoms. The van der Waals surface area contributed by atoms with Gasteiger partial charge in [-0.15, -0.1) is 0 Å². The van der Waals surface area contributed by atoms with Gasteiger partial charge in [0.1, 0.15) is 0 Å². The van der Waals surface area contributed by atoms with Gasteiger partial charge in [-0.05, 0) is 43.2 Å². The van der Waals surface area contributed by atoms with Crippen LogP contribution in [0.25, 0.3) is 0 Å². The fraction of sp³-hybridized carbons (Fsp3) is 0.263. The fourth-order valence-corrected chi connectivity index (χ4v) is 4.09. The van der Waals surface area contributed by atoms with Crippen LogP contribution in [0.4, 0.5) is 5.69 Å². The van der Waals surface area contributed by atoms with Crippen molar-refractivity contribution in [3.8, 4) is 0 Å². The maximum atomic E-state index is 12.8. The van der Waals surface area contributed by atoms with Crippen LogP contribution in [0.3, 0.4) is 0 Å². The van der Waals surface area contributed by atoms with Gasteiger partial charge in [0.2, 0.25) is 0 Å². The summed E-state index contributed by atoms with van der Waals surface area (Å²) in [6.45, 7) is 1.34. The Morgan fingerprint density at radius 3 is 2.44 bits per heavy atom. The number of anilines is 1. The second-order valence-electron chi connectivity index (χ2n) is 6.17. The van der Waals surface area contributed by atoms with E-state index in [2.05, 4.69) is 9.46 Å². The molecule has 1 aliphatic heterocycles. The van der Waals surface area contributed by atoms with Crippen molar-refractivity contribution in [3.05, 3.63) is 59.7 Å². The first-order chi connectivity index (χ1) is 12.9. The minimum absolute atomic E-state index is 0.0891. The van der Waals surface area contributed by atoms with Crippen LogP contribution in [-0.2, 0) is 14.8 Å². The molecular weight excluding hydrogens is 368 g/mol. The lowest BCUT2D eigenvalue weighted by Crippen LogP contribution is -2.28. The topological polar surface area (TPSA) is 92.8 Å². The highest BCUT2D eigenvalue weighted by molar-refractivity contribution is 7.92. The molecule has 7 nitrogen and oxygen atoms in total. The molecule has 27 heavy (non-hydrogen) atoms. The summed E-state index contributed by atoms with van der Waals surface area (Å²) < 4.78 is 32.6. The summed E-state index contributed by atoms with van der Waals surface area (Å²) in [4.78, 5) is 26.0. The molecule has 142 valence electrons. The van der Waals surface area contributed by atoms with Gasteiger partial charge in [-0.3, -0.25) is 9.52 Å². The number of methoxy groups -OCH3 is 1. The van der Waals surface area contributed by atoms with E-state index in [1.165, 1.54) is 31.4 Å². The summed E-state index contributed by atoms with van der Waals surface area (Å²) in [5.74, 6) is -0.828. The molecular formula is C19H20N2O5S. The summed E-state index contributed by atoms with van der Waals surface area (Å²) in [7, 11) is -2.76. The van der Waals surface area contributed by atoms with Crippen molar-refractivity contribution in [2.24, 2.45) is 0 Å². The Labute approximate surface area is 158 Å². The van der Waals surface area contributed by atoms with Crippen LogP contribution in [0.15, 0.2) is 53.4 Å². The Kier molecular flexibility index (Phi) is 5.46. The second-order valence-corrected chi connectivity index (χ2v) is 7.85. The van der Waals surface area contributed by atoms with Gasteiger partial charge in [0.05, 0.1) is 28.8 Å². The average Bonchev–Trinajstić information content (AvgIpc) is 3.22. The van der Waals surface area contributed by atoms with E-state index < -0.39 is 16.0 Å². The van der Waals surface area contributed by atoms with Gasteiger partial charge >= 0.3 is 5.97 Å². The summed E-state index contributed by atoms with van der Waals surface area (Å²) in [5.41, 5.74) is 0.631. The lowest BCUT2D eigenvalue weighted by Gasteiger charge is -2.18. The van der Waals surface area contributed by atoms with Gasteiger partial charge in [0, 0.05) is 13.1 Å². The molecule has 1 heterocycles. The number of rotatable bonds is 5. The number of carbonyl (C=O) groups is 2. The third-order valence-electron chi connectivity index (χ3n) is 4.36. The molecule has 0 aromatic heterocycles. The van der Waals surface area contributed by atoms with Gasteiger partial charge in [-0.25, -0.2) is 13.2 Å². The summed E-state index contributed by atoms with van der Waals surface area (Å²) in [5, 5.41) is 0. The zero-order valence-electron chi connectivity index (χ0n) is 14.8. The highest BCUT2D eigenvalue weighted by Gasteiger charge is 2.24. The molecule has 1 amide bonds. The summed E-state index contributed by atoms with van der Waals surface area (Å²) >= 11 is 0. The molecule has 0 radical (unpaired) electrons. The second kappa shape index (κ2) is 7.79. The lowest BCUT2D eigenvalue weighted by atomic mass is 10.1. The maximum Gasteiger partial charge on any atom is 0.337 e. The van der Waals surface area contributed by atoms with Gasteiger partial charge in [0.15, 0.2) is 0 Å². The van der Waals surface area contributed by atoms with E-state index in [-0.39, 0.29) is 22.1 Å². The Balaban J connectivity index is 1.91. The molecule has 0 aliphatic carbocycles. The van der Waals surface area contributed by atoms with Crippen molar-refractivity contribution in [2.75, 3.05) is 24.9 Å². The van der Waals surface area contributed by atoms with Crippen molar-refractivity contribution < 1.29 is 22.7 Å². The van der Waals surface area contributed by atoms with E-state index in [1.54, 1.807) is 29.2 Å². The van der Waals surface area contributed by atoms with Crippen molar-refractivity contribution in [1.29, 1.82) is 0 Å². The minimum atomic E-state index is -3.99. The first-order valence-electron chi connectivity index (χ1n) is 8.52. The zero-order valence-corrected chi connectivity index (χ0v) is 15.7. The number of esters is 1. The quantitative estimate of drug-likeness (QED) is 0.795. The van der Waals surface area contributed by atoms with Gasteiger partial charge < -0.3 is 9.64 Å². The molecule has 8 heteroatoms. The normalized spacial score (nSPS) is 14.0. The minimum Gasteiger partial charge on any atom is -0.465 e. The smallest absolute Gasteiger partial charge is 0.337 e. The number of carbonyl (C=O) groups excluding carboxylic acids is 2. The number of benzene rings is 2. The van der Waals surface area contributed by atoms with Crippen LogP contribution in [0.1, 0.15) is 33.6 Å². The Hall–Kier alpha value is -2.87. The Bertz CT molecular complexity index is 966. The predicted molar refractivity (Wildman–Crippen MR) is 100 cm³/mol. The highest BCUT2D eigenvalue weighted by atomic mass is 32.2. The molecule has 0 spiro atoms. The molecule has 2 aromatic carbocycles. The number of hydrogen-bond acceptors (Lipinski definition) is 5. The molecule has 3 rings (SSSR count). The van der Waals surface area contributed by atoms with Crippen LogP contribution in [-0.4, -0.2) is 45.4 Å². The largest absolute Gasteiger partial charge is 0.465 e. The number of nitrogens with zero attached hydrogens (tertiary/aromatic N) is 1. The molecule has 2 aromatic rings. The molecule has 1 saturated heterocycles. The van der Waals surface area contributed by atoms with Crippen molar-refractivity contribution in [2.45, 2.75) is 17.7 Å². The summed E-state index contributed by atoms with van der Waals surface area (Å²) in [6.07, 6.45) is 1.89. The van der Waals surface area contributed by atoms with Crippen LogP contribution in [0.5, 0.6) is 0 Å². The number of ether oxygens (including phenoxy) is 1. The predicted octanol–water partition coefficient (Wildman–Crippen LogP) is 2.51. The SMILES string of the molecule is COC(=O)c1cccc(S(=O)(=O)Nc2ccccc2C(=O)N2CCCC2)c1. The molecule has 1 fully saturated rings. The maximum absolute atomic E-state index is 12.8. The van der Waals surface area contributed by atoms with Gasteiger partial charge in [0.25, 0.3) is 15.9 Å². The van der Waals surface area contributed by atoms with Crippen LogP contribution >= 0.6 is 0 Å². The molecule has 0 atom stereocenters. The number of nitrogens with one attached hydrogen (secondary N) is 1. The monoisotopic (exact) mass is 388 g/mol.